The summed E-state index contributed by atoms with van der Waals surface area (Å²) in [5.74, 6) is 2.84. The van der Waals surface area contributed by atoms with Crippen LogP contribution < -0.4 is 0 Å². The van der Waals surface area contributed by atoms with E-state index in [0.717, 1.165) is 67.4 Å². The van der Waals surface area contributed by atoms with E-state index in [4.69, 9.17) is 9.47 Å². The summed E-state index contributed by atoms with van der Waals surface area (Å²) in [7, 11) is 0. The van der Waals surface area contributed by atoms with Gasteiger partial charge in [0.15, 0.2) is 0 Å². The zero-order valence-electron chi connectivity index (χ0n) is 24.5. The van der Waals surface area contributed by atoms with E-state index >= 15 is 4.39 Å². The summed E-state index contributed by atoms with van der Waals surface area (Å²) in [6.07, 6.45) is 18.3. The minimum Gasteiger partial charge on any atom is -0.379 e. The van der Waals surface area contributed by atoms with E-state index in [9.17, 15) is 0 Å². The van der Waals surface area contributed by atoms with Crippen LogP contribution in [0.4, 0.5) is 4.39 Å². The van der Waals surface area contributed by atoms with E-state index in [1.807, 2.05) is 6.07 Å². The van der Waals surface area contributed by atoms with Crippen LogP contribution in [0.2, 0.25) is 0 Å². The Balaban J connectivity index is 1.10. The highest BCUT2D eigenvalue weighted by Crippen LogP contribution is 2.44. The van der Waals surface area contributed by atoms with Crippen molar-refractivity contribution in [1.29, 1.82) is 0 Å². The summed E-state index contributed by atoms with van der Waals surface area (Å²) in [5, 5.41) is 0. The second-order valence-corrected chi connectivity index (χ2v) is 12.7. The van der Waals surface area contributed by atoms with Crippen LogP contribution in [0, 0.1) is 17.7 Å². The molecule has 0 bridgehead atoms. The minimum atomic E-state index is -0.0850. The molecular formula is C36H51FO2. The Morgan fingerprint density at radius 3 is 1.79 bits per heavy atom. The number of hydrogen-bond acceptors (Lipinski definition) is 2. The van der Waals surface area contributed by atoms with Gasteiger partial charge in [0.05, 0.1) is 12.2 Å². The molecule has 39 heavy (non-hydrogen) atoms. The third-order valence-electron chi connectivity index (χ3n) is 10.2. The largest absolute Gasteiger partial charge is 0.379 e. The fourth-order valence-corrected chi connectivity index (χ4v) is 7.80. The molecule has 2 nitrogen and oxygen atoms in total. The van der Waals surface area contributed by atoms with Crippen molar-refractivity contribution in [2.24, 2.45) is 11.8 Å². The fourth-order valence-electron chi connectivity index (χ4n) is 7.80. The maximum Gasteiger partial charge on any atom is 0.131 e. The van der Waals surface area contributed by atoms with E-state index in [1.54, 1.807) is 6.07 Å². The Hall–Kier alpha value is -1.71. The van der Waals surface area contributed by atoms with Crippen molar-refractivity contribution < 1.29 is 13.9 Å². The molecule has 0 amide bonds. The third-order valence-corrected chi connectivity index (χ3v) is 10.2. The van der Waals surface area contributed by atoms with Crippen LogP contribution in [-0.2, 0) is 9.47 Å². The highest BCUT2D eigenvalue weighted by atomic mass is 19.1. The van der Waals surface area contributed by atoms with E-state index in [2.05, 4.69) is 44.2 Å². The van der Waals surface area contributed by atoms with Crippen molar-refractivity contribution in [2.75, 3.05) is 13.2 Å². The Morgan fingerprint density at radius 2 is 1.18 bits per heavy atom. The maximum absolute atomic E-state index is 15.2. The molecule has 0 radical (unpaired) electrons. The first-order valence-corrected chi connectivity index (χ1v) is 16.3. The number of hydrogen-bond donors (Lipinski definition) is 0. The maximum atomic E-state index is 15.2. The van der Waals surface area contributed by atoms with E-state index in [1.165, 1.54) is 69.8 Å². The van der Waals surface area contributed by atoms with Crippen LogP contribution in [0.15, 0.2) is 42.5 Å². The van der Waals surface area contributed by atoms with Crippen molar-refractivity contribution in [2.45, 2.75) is 128 Å². The predicted molar refractivity (Wildman–Crippen MR) is 160 cm³/mol. The molecule has 3 saturated carbocycles. The zero-order valence-corrected chi connectivity index (χ0v) is 24.5. The molecule has 0 spiro atoms. The van der Waals surface area contributed by atoms with Gasteiger partial charge in [-0.2, -0.15) is 0 Å². The Labute approximate surface area is 237 Å². The molecule has 0 heterocycles. The first-order chi connectivity index (χ1) is 19.1. The second-order valence-electron chi connectivity index (χ2n) is 12.7. The van der Waals surface area contributed by atoms with Crippen molar-refractivity contribution >= 4 is 0 Å². The zero-order chi connectivity index (χ0) is 27.0. The van der Waals surface area contributed by atoms with Crippen LogP contribution >= 0.6 is 0 Å². The molecule has 0 aromatic heterocycles. The molecule has 3 aliphatic rings. The number of ether oxygens (including phenoxy) is 2. The normalized spacial score (nSPS) is 29.8. The average Bonchev–Trinajstić information content (AvgIpc) is 2.98. The van der Waals surface area contributed by atoms with Gasteiger partial charge < -0.3 is 9.47 Å². The summed E-state index contributed by atoms with van der Waals surface area (Å²) in [4.78, 5) is 0. The molecule has 0 unspecified atom stereocenters. The summed E-state index contributed by atoms with van der Waals surface area (Å²) < 4.78 is 27.1. The van der Waals surface area contributed by atoms with Crippen molar-refractivity contribution in [3.63, 3.8) is 0 Å². The number of benzene rings is 2. The molecule has 3 heteroatoms. The van der Waals surface area contributed by atoms with Crippen LogP contribution in [-0.4, -0.2) is 25.4 Å². The van der Waals surface area contributed by atoms with Crippen LogP contribution in [0.1, 0.15) is 127 Å². The van der Waals surface area contributed by atoms with Gasteiger partial charge in [-0.25, -0.2) is 4.39 Å². The quantitative estimate of drug-likeness (QED) is 0.282. The van der Waals surface area contributed by atoms with Gasteiger partial charge in [0.1, 0.15) is 5.82 Å². The molecule has 214 valence electrons. The van der Waals surface area contributed by atoms with E-state index in [0.29, 0.717) is 24.0 Å². The molecule has 2 aromatic rings. The van der Waals surface area contributed by atoms with Gasteiger partial charge in [-0.15, -0.1) is 0 Å². The van der Waals surface area contributed by atoms with Gasteiger partial charge >= 0.3 is 0 Å². The van der Waals surface area contributed by atoms with E-state index in [-0.39, 0.29) is 5.82 Å². The van der Waals surface area contributed by atoms with Gasteiger partial charge in [0.25, 0.3) is 0 Å². The summed E-state index contributed by atoms with van der Waals surface area (Å²) in [6.45, 7) is 6.04. The van der Waals surface area contributed by atoms with Gasteiger partial charge in [-0.3, -0.25) is 0 Å². The Bertz CT molecular complexity index is 993. The molecular weight excluding hydrogens is 483 g/mol. The van der Waals surface area contributed by atoms with Gasteiger partial charge in [-0.1, -0.05) is 49.7 Å². The number of rotatable bonds is 10. The minimum absolute atomic E-state index is 0.0850. The molecule has 5 rings (SSSR count). The molecule has 0 saturated heterocycles. The fraction of sp³-hybridized carbons (Fsp3) is 0.667. The average molecular weight is 535 g/mol. The smallest absolute Gasteiger partial charge is 0.131 e. The highest BCUT2D eigenvalue weighted by molar-refractivity contribution is 5.65. The molecule has 0 N–H and O–H groups in total. The molecule has 0 atom stereocenters. The van der Waals surface area contributed by atoms with Crippen molar-refractivity contribution in [1.82, 2.24) is 0 Å². The van der Waals surface area contributed by atoms with Gasteiger partial charge in [0, 0.05) is 18.8 Å². The molecule has 0 aliphatic heterocycles. The number of halogens is 1. The Morgan fingerprint density at radius 1 is 0.641 bits per heavy atom. The van der Waals surface area contributed by atoms with Crippen molar-refractivity contribution in [3.05, 3.63) is 59.4 Å². The van der Waals surface area contributed by atoms with Crippen LogP contribution in [0.3, 0.4) is 0 Å². The lowest BCUT2D eigenvalue weighted by Gasteiger charge is -2.38. The third kappa shape index (κ3) is 7.53. The van der Waals surface area contributed by atoms with Crippen LogP contribution in [0.25, 0.3) is 11.1 Å². The monoisotopic (exact) mass is 534 g/mol. The predicted octanol–water partition coefficient (Wildman–Crippen LogP) is 10.2. The topological polar surface area (TPSA) is 18.5 Å². The number of unbranched alkanes of at least 4 members (excludes halogenated alkanes) is 1. The van der Waals surface area contributed by atoms with Gasteiger partial charge in [-0.05, 0) is 137 Å². The first kappa shape index (κ1) is 28.8. The lowest BCUT2D eigenvalue weighted by atomic mass is 9.69. The Kier molecular flexibility index (Phi) is 10.5. The summed E-state index contributed by atoms with van der Waals surface area (Å²) in [5.41, 5.74) is 4.31. The lowest BCUT2D eigenvalue weighted by molar-refractivity contribution is 0.00675. The first-order valence-electron chi connectivity index (χ1n) is 16.3. The molecule has 2 aromatic carbocycles. The van der Waals surface area contributed by atoms with E-state index < -0.39 is 0 Å². The molecule has 3 aliphatic carbocycles. The summed E-state index contributed by atoms with van der Waals surface area (Å²) in [6, 6.07) is 14.8. The van der Waals surface area contributed by atoms with Crippen molar-refractivity contribution in [3.8, 4) is 11.1 Å². The standard InChI is InChI=1S/C36H51FO2/c1-3-5-24-39-34-21-14-29(15-22-34)27-8-6-26(7-9-27)28-10-12-31(13-11-28)35-23-18-32(25-36(35)37)30-16-19-33(20-17-30)38-4-2/h10-13,18,23,25-27,29-30,33-34H,3-9,14-17,19-22,24H2,1-2H3. The van der Waals surface area contributed by atoms with Crippen LogP contribution in [0.5, 0.6) is 0 Å². The second kappa shape index (κ2) is 14.3. The molecule has 3 fully saturated rings. The highest BCUT2D eigenvalue weighted by Gasteiger charge is 2.31. The summed E-state index contributed by atoms with van der Waals surface area (Å²) >= 11 is 0. The SMILES string of the molecule is CCCCOC1CCC(C2CCC(c3ccc(-c4ccc(C5CCC(OCC)CC5)cc4F)cc3)CC2)CC1. The lowest BCUT2D eigenvalue weighted by Crippen LogP contribution is -2.28. The van der Waals surface area contributed by atoms with Gasteiger partial charge in [0.2, 0.25) is 0 Å².